The molecule has 4 rings (SSSR count). The lowest BCUT2D eigenvalue weighted by Gasteiger charge is -2.22. The molecule has 1 fully saturated rings. The van der Waals surface area contributed by atoms with Crippen LogP contribution in [0.2, 0.25) is 0 Å². The SMILES string of the molecule is O=C(NCC1CCOCC1)c1ccc(-n2ncc(-n3ccccc3=O)c2O)nc1. The van der Waals surface area contributed by atoms with Crippen molar-refractivity contribution in [2.24, 2.45) is 5.92 Å². The first-order chi connectivity index (χ1) is 14.1. The van der Waals surface area contributed by atoms with E-state index in [-0.39, 0.29) is 23.0 Å². The number of ether oxygens (including phenoxy) is 1. The number of aromatic nitrogens is 4. The highest BCUT2D eigenvalue weighted by Crippen LogP contribution is 2.22. The molecule has 1 saturated heterocycles. The zero-order chi connectivity index (χ0) is 20.2. The second kappa shape index (κ2) is 8.27. The smallest absolute Gasteiger partial charge is 0.255 e. The van der Waals surface area contributed by atoms with Crippen LogP contribution >= 0.6 is 0 Å². The van der Waals surface area contributed by atoms with Crippen LogP contribution in [0.5, 0.6) is 5.88 Å². The van der Waals surface area contributed by atoms with Crippen molar-refractivity contribution in [3.63, 3.8) is 0 Å². The summed E-state index contributed by atoms with van der Waals surface area (Å²) < 4.78 is 7.82. The molecule has 0 bridgehead atoms. The number of aromatic hydroxyl groups is 1. The Morgan fingerprint density at radius 3 is 2.76 bits per heavy atom. The Hall–Kier alpha value is -3.46. The minimum atomic E-state index is -0.285. The van der Waals surface area contributed by atoms with Gasteiger partial charge in [-0.3, -0.25) is 14.2 Å². The Labute approximate surface area is 166 Å². The number of amides is 1. The van der Waals surface area contributed by atoms with Gasteiger partial charge < -0.3 is 15.2 Å². The summed E-state index contributed by atoms with van der Waals surface area (Å²) in [6, 6.07) is 7.91. The second-order valence-corrected chi connectivity index (χ2v) is 6.84. The van der Waals surface area contributed by atoms with Gasteiger partial charge in [0, 0.05) is 38.2 Å². The van der Waals surface area contributed by atoms with Crippen molar-refractivity contribution in [2.75, 3.05) is 19.8 Å². The summed E-state index contributed by atoms with van der Waals surface area (Å²) in [6.45, 7) is 2.08. The van der Waals surface area contributed by atoms with E-state index in [0.29, 0.717) is 23.8 Å². The van der Waals surface area contributed by atoms with E-state index >= 15 is 0 Å². The fraction of sp³-hybridized carbons (Fsp3) is 0.300. The van der Waals surface area contributed by atoms with Crippen LogP contribution < -0.4 is 10.9 Å². The van der Waals surface area contributed by atoms with E-state index in [2.05, 4.69) is 15.4 Å². The van der Waals surface area contributed by atoms with Gasteiger partial charge in [0.2, 0.25) is 5.88 Å². The first kappa shape index (κ1) is 18.9. The quantitative estimate of drug-likeness (QED) is 0.673. The van der Waals surface area contributed by atoms with Crippen LogP contribution in [0, 0.1) is 5.92 Å². The van der Waals surface area contributed by atoms with Crippen molar-refractivity contribution in [3.05, 3.63) is 64.8 Å². The van der Waals surface area contributed by atoms with Gasteiger partial charge in [-0.05, 0) is 37.0 Å². The third kappa shape index (κ3) is 4.04. The zero-order valence-corrected chi connectivity index (χ0v) is 15.7. The maximum Gasteiger partial charge on any atom is 0.255 e. The molecule has 1 aliphatic rings. The minimum absolute atomic E-state index is 0.197. The van der Waals surface area contributed by atoms with Gasteiger partial charge in [-0.15, -0.1) is 0 Å². The number of rotatable bonds is 5. The molecule has 9 heteroatoms. The van der Waals surface area contributed by atoms with Crippen LogP contribution in [-0.2, 0) is 4.74 Å². The number of carbonyl (C=O) groups is 1. The van der Waals surface area contributed by atoms with Crippen LogP contribution in [0.25, 0.3) is 11.5 Å². The molecule has 1 amide bonds. The summed E-state index contributed by atoms with van der Waals surface area (Å²) in [5, 5.41) is 17.5. The molecule has 4 heterocycles. The van der Waals surface area contributed by atoms with Gasteiger partial charge in [0.15, 0.2) is 5.82 Å². The molecule has 3 aromatic rings. The largest absolute Gasteiger partial charge is 0.492 e. The molecule has 150 valence electrons. The second-order valence-electron chi connectivity index (χ2n) is 6.84. The van der Waals surface area contributed by atoms with Gasteiger partial charge in [-0.25, -0.2) is 4.98 Å². The first-order valence-electron chi connectivity index (χ1n) is 9.41. The molecule has 0 atom stereocenters. The van der Waals surface area contributed by atoms with Gasteiger partial charge in [-0.2, -0.15) is 9.78 Å². The maximum absolute atomic E-state index is 12.3. The molecule has 0 radical (unpaired) electrons. The van der Waals surface area contributed by atoms with Crippen molar-refractivity contribution < 1.29 is 14.6 Å². The number of nitrogens with one attached hydrogen (secondary N) is 1. The lowest BCUT2D eigenvalue weighted by molar-refractivity contribution is 0.0642. The molecule has 29 heavy (non-hydrogen) atoms. The molecule has 0 aromatic carbocycles. The standard InChI is InChI=1S/C20H21N5O4/c26-18-3-1-2-8-24(18)16-13-23-25(20(16)28)17-5-4-15(12-21-17)19(27)22-11-14-6-9-29-10-7-14/h1-5,8,12-14,28H,6-7,9-11H2,(H,22,27). The van der Waals surface area contributed by atoms with Gasteiger partial charge >= 0.3 is 0 Å². The third-order valence-corrected chi connectivity index (χ3v) is 4.93. The Balaban J connectivity index is 1.47. The van der Waals surface area contributed by atoms with Crippen LogP contribution in [-0.4, -0.2) is 50.1 Å². The summed E-state index contributed by atoms with van der Waals surface area (Å²) in [6.07, 6.45) is 6.26. The summed E-state index contributed by atoms with van der Waals surface area (Å²) >= 11 is 0. The highest BCUT2D eigenvalue weighted by molar-refractivity contribution is 5.93. The molecule has 0 saturated carbocycles. The summed E-state index contributed by atoms with van der Waals surface area (Å²) in [5.74, 6) is 0.346. The topological polar surface area (TPSA) is 111 Å². The molecule has 0 aliphatic carbocycles. The van der Waals surface area contributed by atoms with Gasteiger partial charge in [0.05, 0.1) is 11.8 Å². The van der Waals surface area contributed by atoms with Crippen molar-refractivity contribution in [2.45, 2.75) is 12.8 Å². The first-order valence-corrected chi connectivity index (χ1v) is 9.41. The Bertz CT molecular complexity index is 1050. The number of pyridine rings is 2. The van der Waals surface area contributed by atoms with E-state index < -0.39 is 0 Å². The van der Waals surface area contributed by atoms with E-state index in [1.807, 2.05) is 0 Å². The van der Waals surface area contributed by atoms with E-state index in [0.717, 1.165) is 26.1 Å². The van der Waals surface area contributed by atoms with Crippen molar-refractivity contribution in [1.82, 2.24) is 24.6 Å². The number of hydrogen-bond donors (Lipinski definition) is 2. The lowest BCUT2D eigenvalue weighted by atomic mass is 10.0. The Morgan fingerprint density at radius 1 is 1.21 bits per heavy atom. The van der Waals surface area contributed by atoms with Crippen molar-refractivity contribution in [1.29, 1.82) is 0 Å². The van der Waals surface area contributed by atoms with Gasteiger partial charge in [0.1, 0.15) is 5.69 Å². The summed E-state index contributed by atoms with van der Waals surface area (Å²) in [5.41, 5.74) is 0.384. The van der Waals surface area contributed by atoms with E-state index in [4.69, 9.17) is 4.74 Å². The Kier molecular flexibility index (Phi) is 5.39. The molecule has 9 nitrogen and oxygen atoms in total. The zero-order valence-electron chi connectivity index (χ0n) is 15.7. The minimum Gasteiger partial charge on any atom is -0.492 e. The molecule has 0 spiro atoms. The molecule has 3 aromatic heterocycles. The fourth-order valence-electron chi connectivity index (χ4n) is 3.23. The fourth-order valence-corrected chi connectivity index (χ4v) is 3.23. The molecule has 2 N–H and O–H groups in total. The molecular weight excluding hydrogens is 374 g/mol. The van der Waals surface area contributed by atoms with Crippen LogP contribution in [0.3, 0.4) is 0 Å². The predicted octanol–water partition coefficient (Wildman–Crippen LogP) is 1.28. The van der Waals surface area contributed by atoms with Crippen molar-refractivity contribution in [3.8, 4) is 17.4 Å². The molecule has 0 unspecified atom stereocenters. The van der Waals surface area contributed by atoms with Crippen molar-refractivity contribution >= 4 is 5.91 Å². The van der Waals surface area contributed by atoms with Gasteiger partial charge in [-0.1, -0.05) is 6.07 Å². The average Bonchev–Trinajstić information content (AvgIpc) is 3.14. The highest BCUT2D eigenvalue weighted by Gasteiger charge is 2.17. The molecular formula is C20H21N5O4. The normalized spacial score (nSPS) is 14.6. The average molecular weight is 395 g/mol. The van der Waals surface area contributed by atoms with E-state index in [1.54, 1.807) is 30.5 Å². The Morgan fingerprint density at radius 2 is 2.03 bits per heavy atom. The van der Waals surface area contributed by atoms with Crippen LogP contribution in [0.1, 0.15) is 23.2 Å². The van der Waals surface area contributed by atoms with E-state index in [9.17, 15) is 14.7 Å². The lowest BCUT2D eigenvalue weighted by Crippen LogP contribution is -2.32. The maximum atomic E-state index is 12.3. The summed E-state index contributed by atoms with van der Waals surface area (Å²) in [7, 11) is 0. The number of carbonyl (C=O) groups excluding carboxylic acids is 1. The summed E-state index contributed by atoms with van der Waals surface area (Å²) in [4.78, 5) is 28.5. The molecule has 1 aliphatic heterocycles. The third-order valence-electron chi connectivity index (χ3n) is 4.93. The number of hydrogen-bond acceptors (Lipinski definition) is 6. The van der Waals surface area contributed by atoms with Crippen LogP contribution in [0.15, 0.2) is 53.7 Å². The van der Waals surface area contributed by atoms with E-state index in [1.165, 1.54) is 27.7 Å². The highest BCUT2D eigenvalue weighted by atomic mass is 16.5. The van der Waals surface area contributed by atoms with Gasteiger partial charge in [0.25, 0.3) is 11.5 Å². The number of nitrogens with zero attached hydrogens (tertiary/aromatic N) is 4. The predicted molar refractivity (Wildman–Crippen MR) is 104 cm³/mol. The van der Waals surface area contributed by atoms with Crippen LogP contribution in [0.4, 0.5) is 0 Å². The monoisotopic (exact) mass is 395 g/mol.